The summed E-state index contributed by atoms with van der Waals surface area (Å²) in [6.07, 6.45) is 3.76. The summed E-state index contributed by atoms with van der Waals surface area (Å²) in [7, 11) is 0. The normalized spacial score (nSPS) is 14.4. The van der Waals surface area contributed by atoms with Crippen LogP contribution >= 0.6 is 0 Å². The molecule has 1 amide bonds. The first-order valence-electron chi connectivity index (χ1n) is 8.92. The summed E-state index contributed by atoms with van der Waals surface area (Å²) in [5.41, 5.74) is 8.88. The quantitative estimate of drug-likeness (QED) is 0.546. The second kappa shape index (κ2) is 8.63. The van der Waals surface area contributed by atoms with Crippen LogP contribution in [-0.2, 0) is 12.0 Å². The van der Waals surface area contributed by atoms with Crippen molar-refractivity contribution in [3.8, 4) is 0 Å². The number of aryl methyl sites for hydroxylation is 1. The zero-order valence-corrected chi connectivity index (χ0v) is 15.4. The number of hydrogen-bond donors (Lipinski definition) is 2. The number of hydrazine groups is 1. The summed E-state index contributed by atoms with van der Waals surface area (Å²) in [6, 6.07) is 17.8. The van der Waals surface area contributed by atoms with Crippen LogP contribution in [0.2, 0.25) is 0 Å². The molecule has 0 aliphatic rings. The Hall–Kier alpha value is -2.39. The topological polar surface area (TPSA) is 41.1 Å². The number of rotatable bonds is 8. The zero-order chi connectivity index (χ0) is 18.3. The molecule has 2 rings (SSSR count). The van der Waals surface area contributed by atoms with E-state index in [1.54, 1.807) is 12.1 Å². The van der Waals surface area contributed by atoms with Crippen molar-refractivity contribution in [3.05, 3.63) is 83.9 Å². The number of hydrogen-bond acceptors (Lipinski definition) is 2. The van der Waals surface area contributed by atoms with E-state index in [0.717, 1.165) is 18.4 Å². The average Bonchev–Trinajstić information content (AvgIpc) is 2.69. The lowest BCUT2D eigenvalue weighted by Crippen LogP contribution is -2.55. The molecule has 2 aromatic carbocycles. The van der Waals surface area contributed by atoms with Crippen molar-refractivity contribution in [1.82, 2.24) is 10.9 Å². The molecule has 0 heterocycles. The fourth-order valence-corrected chi connectivity index (χ4v) is 3.13. The summed E-state index contributed by atoms with van der Waals surface area (Å²) in [6.45, 7) is 10.3. The average molecular weight is 336 g/mol. The Labute approximate surface area is 151 Å². The third-order valence-electron chi connectivity index (χ3n) is 5.00. The maximum absolute atomic E-state index is 12.5. The predicted octanol–water partition coefficient (Wildman–Crippen LogP) is 4.61. The second-order valence-corrected chi connectivity index (χ2v) is 6.34. The van der Waals surface area contributed by atoms with Crippen LogP contribution in [-0.4, -0.2) is 5.91 Å². The van der Waals surface area contributed by atoms with Crippen molar-refractivity contribution in [2.45, 2.75) is 39.2 Å². The van der Waals surface area contributed by atoms with E-state index in [0.29, 0.717) is 5.56 Å². The Morgan fingerprint density at radius 1 is 1.12 bits per heavy atom. The highest BCUT2D eigenvalue weighted by Crippen LogP contribution is 2.33. The number of carbonyl (C=O) groups is 1. The number of benzene rings is 2. The van der Waals surface area contributed by atoms with Gasteiger partial charge in [0.25, 0.3) is 5.91 Å². The van der Waals surface area contributed by atoms with Crippen LogP contribution in [0.5, 0.6) is 0 Å². The molecule has 2 aromatic rings. The van der Waals surface area contributed by atoms with E-state index >= 15 is 0 Å². The van der Waals surface area contributed by atoms with Crippen LogP contribution in [0.1, 0.15) is 48.7 Å². The van der Waals surface area contributed by atoms with E-state index in [1.165, 1.54) is 5.56 Å². The first-order valence-corrected chi connectivity index (χ1v) is 8.92. The summed E-state index contributed by atoms with van der Waals surface area (Å²) < 4.78 is 0. The van der Waals surface area contributed by atoms with Gasteiger partial charge in [0.05, 0.1) is 5.54 Å². The molecular weight excluding hydrogens is 308 g/mol. The first-order chi connectivity index (χ1) is 12.1. The predicted molar refractivity (Wildman–Crippen MR) is 104 cm³/mol. The molecule has 3 heteroatoms. The first kappa shape index (κ1) is 18.9. The number of nitrogens with one attached hydrogen (secondary N) is 2. The van der Waals surface area contributed by atoms with Gasteiger partial charge in [0.1, 0.15) is 0 Å². The van der Waals surface area contributed by atoms with Gasteiger partial charge in [-0.15, -0.1) is 6.58 Å². The second-order valence-electron chi connectivity index (χ2n) is 6.34. The van der Waals surface area contributed by atoms with Gasteiger partial charge in [-0.2, -0.15) is 0 Å². The van der Waals surface area contributed by atoms with Crippen LogP contribution in [0, 0.1) is 5.92 Å². The van der Waals surface area contributed by atoms with Gasteiger partial charge in [-0.25, -0.2) is 5.43 Å². The highest BCUT2D eigenvalue weighted by molar-refractivity contribution is 5.93. The van der Waals surface area contributed by atoms with E-state index in [-0.39, 0.29) is 11.8 Å². The molecule has 2 atom stereocenters. The molecule has 0 spiro atoms. The lowest BCUT2D eigenvalue weighted by atomic mass is 9.77. The molecule has 25 heavy (non-hydrogen) atoms. The summed E-state index contributed by atoms with van der Waals surface area (Å²) >= 11 is 0. The molecule has 0 fully saturated rings. The number of carbonyl (C=O) groups excluding carboxylic acids is 1. The molecule has 2 N–H and O–H groups in total. The van der Waals surface area contributed by atoms with Gasteiger partial charge in [-0.1, -0.05) is 69.3 Å². The van der Waals surface area contributed by atoms with Gasteiger partial charge in [-0.05, 0) is 42.0 Å². The maximum Gasteiger partial charge on any atom is 0.265 e. The van der Waals surface area contributed by atoms with Crippen molar-refractivity contribution in [2.24, 2.45) is 5.92 Å². The molecule has 0 aliphatic heterocycles. The van der Waals surface area contributed by atoms with Gasteiger partial charge in [0.15, 0.2) is 0 Å². The third-order valence-corrected chi connectivity index (χ3v) is 5.00. The Balaban J connectivity index is 2.28. The van der Waals surface area contributed by atoms with Gasteiger partial charge in [0.2, 0.25) is 0 Å². The molecule has 0 saturated carbocycles. The molecule has 0 aromatic heterocycles. The largest absolute Gasteiger partial charge is 0.287 e. The van der Waals surface area contributed by atoms with E-state index in [9.17, 15) is 4.79 Å². The van der Waals surface area contributed by atoms with Gasteiger partial charge in [-0.3, -0.25) is 10.2 Å². The molecule has 132 valence electrons. The van der Waals surface area contributed by atoms with Crippen LogP contribution < -0.4 is 10.9 Å². The third kappa shape index (κ3) is 4.18. The molecule has 0 saturated heterocycles. The minimum absolute atomic E-state index is 0.139. The lowest BCUT2D eigenvalue weighted by Gasteiger charge is -2.39. The van der Waals surface area contributed by atoms with Gasteiger partial charge < -0.3 is 0 Å². The van der Waals surface area contributed by atoms with E-state index in [1.807, 2.05) is 24.3 Å². The van der Waals surface area contributed by atoms with Gasteiger partial charge in [0, 0.05) is 5.56 Å². The van der Waals surface area contributed by atoms with E-state index in [4.69, 9.17) is 0 Å². The van der Waals surface area contributed by atoms with Crippen LogP contribution in [0.3, 0.4) is 0 Å². The molecule has 0 radical (unpaired) electrons. The summed E-state index contributed by atoms with van der Waals surface area (Å²) in [5.74, 6) is 0.000848. The molecular formula is C22H28N2O. The monoisotopic (exact) mass is 336 g/mol. The molecule has 0 unspecified atom stereocenters. The van der Waals surface area contributed by atoms with Crippen LogP contribution in [0.25, 0.3) is 0 Å². The molecule has 3 nitrogen and oxygen atoms in total. The summed E-state index contributed by atoms with van der Waals surface area (Å²) in [4.78, 5) is 12.5. The Morgan fingerprint density at radius 2 is 1.76 bits per heavy atom. The standard InChI is InChI=1S/C22H28N2O/c1-5-17(4)22(7-3,20-15-13-18(6-2)14-16-20)24-23-21(25)19-11-9-8-10-12-19/h5,8-17,24H,1,6-7H2,2-4H3,(H,23,25)/t17-,22+/m0/s1. The fraction of sp³-hybridized carbons (Fsp3) is 0.318. The van der Waals surface area contributed by atoms with Crippen molar-refractivity contribution in [2.75, 3.05) is 0 Å². The molecule has 0 bridgehead atoms. The highest BCUT2D eigenvalue weighted by Gasteiger charge is 2.35. The van der Waals surface area contributed by atoms with Crippen molar-refractivity contribution < 1.29 is 4.79 Å². The van der Waals surface area contributed by atoms with Crippen molar-refractivity contribution in [3.63, 3.8) is 0 Å². The molecule has 0 aliphatic carbocycles. The minimum Gasteiger partial charge on any atom is -0.287 e. The Bertz CT molecular complexity index is 694. The van der Waals surface area contributed by atoms with E-state index in [2.05, 4.69) is 62.5 Å². The van der Waals surface area contributed by atoms with Crippen molar-refractivity contribution >= 4 is 5.91 Å². The fourth-order valence-electron chi connectivity index (χ4n) is 3.13. The zero-order valence-electron chi connectivity index (χ0n) is 15.4. The number of amides is 1. The Morgan fingerprint density at radius 3 is 2.28 bits per heavy atom. The Kier molecular flexibility index (Phi) is 6.54. The highest BCUT2D eigenvalue weighted by atomic mass is 16.2. The van der Waals surface area contributed by atoms with Crippen LogP contribution in [0.15, 0.2) is 67.3 Å². The minimum atomic E-state index is -0.404. The van der Waals surface area contributed by atoms with Crippen molar-refractivity contribution in [1.29, 1.82) is 0 Å². The maximum atomic E-state index is 12.5. The van der Waals surface area contributed by atoms with Crippen LogP contribution in [0.4, 0.5) is 0 Å². The van der Waals surface area contributed by atoms with Gasteiger partial charge >= 0.3 is 0 Å². The summed E-state index contributed by atoms with van der Waals surface area (Å²) in [5, 5.41) is 0. The SMILES string of the molecule is C=C[C@H](C)[C@@](CC)(NNC(=O)c1ccccc1)c1ccc(CC)cc1. The lowest BCUT2D eigenvalue weighted by molar-refractivity contribution is 0.0883. The van der Waals surface area contributed by atoms with E-state index < -0.39 is 5.54 Å². The smallest absolute Gasteiger partial charge is 0.265 e.